The van der Waals surface area contributed by atoms with Crippen LogP contribution in [0.3, 0.4) is 0 Å². The maximum atomic E-state index is 13.0. The van der Waals surface area contributed by atoms with Gasteiger partial charge >= 0.3 is 0 Å². The predicted molar refractivity (Wildman–Crippen MR) is 47.1 cm³/mol. The minimum absolute atomic E-state index is 0.0302. The smallest absolute Gasteiger partial charge is 0.195 e. The van der Waals surface area contributed by atoms with Gasteiger partial charge in [0.15, 0.2) is 17.5 Å². The average molecular weight is 202 g/mol. The summed E-state index contributed by atoms with van der Waals surface area (Å²) in [5.74, 6) is -3.89. The van der Waals surface area contributed by atoms with Crippen molar-refractivity contribution in [3.63, 3.8) is 0 Å². The molecule has 14 heavy (non-hydrogen) atoms. The maximum Gasteiger partial charge on any atom is 0.195 e. The fourth-order valence-electron chi connectivity index (χ4n) is 0.954. The second kappa shape index (κ2) is 4.81. The van der Waals surface area contributed by atoms with Crippen molar-refractivity contribution in [3.05, 3.63) is 41.2 Å². The first-order valence-electron chi connectivity index (χ1n) is 4.07. The number of hydrogen-bond acceptors (Lipinski definition) is 1. The molecule has 0 unspecified atom stereocenters. The molecule has 1 aromatic rings. The van der Waals surface area contributed by atoms with Crippen LogP contribution < -0.4 is 0 Å². The number of rotatable bonds is 3. The first-order chi connectivity index (χ1) is 6.66. The van der Waals surface area contributed by atoms with E-state index in [1.165, 1.54) is 12.2 Å². The molecule has 0 heterocycles. The number of aliphatic hydroxyl groups is 1. The zero-order valence-electron chi connectivity index (χ0n) is 7.30. The Kier molecular flexibility index (Phi) is 3.71. The fraction of sp³-hybridized carbons (Fsp3) is 0.200. The van der Waals surface area contributed by atoms with E-state index in [-0.39, 0.29) is 12.2 Å². The van der Waals surface area contributed by atoms with Crippen LogP contribution >= 0.6 is 0 Å². The van der Waals surface area contributed by atoms with E-state index in [9.17, 15) is 13.2 Å². The molecule has 0 amide bonds. The van der Waals surface area contributed by atoms with E-state index in [4.69, 9.17) is 5.11 Å². The molecule has 1 N–H and O–H groups in total. The van der Waals surface area contributed by atoms with Crippen LogP contribution in [0.15, 0.2) is 18.2 Å². The standard InChI is InChI=1S/C10H9F3O/c11-8-5-4-7(3-1-2-6-14)9(12)10(8)13/h1,3-5,14H,2,6H2. The minimum Gasteiger partial charge on any atom is -0.396 e. The molecule has 4 heteroatoms. The fourth-order valence-corrected chi connectivity index (χ4v) is 0.954. The van der Waals surface area contributed by atoms with Gasteiger partial charge in [0.25, 0.3) is 0 Å². The third-order valence-corrected chi connectivity index (χ3v) is 1.66. The van der Waals surface area contributed by atoms with Crippen LogP contribution in [0.2, 0.25) is 0 Å². The van der Waals surface area contributed by atoms with Crippen molar-refractivity contribution in [2.24, 2.45) is 0 Å². The lowest BCUT2D eigenvalue weighted by Crippen LogP contribution is -1.93. The van der Waals surface area contributed by atoms with Gasteiger partial charge < -0.3 is 5.11 Å². The molecule has 0 bridgehead atoms. The van der Waals surface area contributed by atoms with Crippen molar-refractivity contribution < 1.29 is 18.3 Å². The van der Waals surface area contributed by atoms with Gasteiger partial charge in [-0.1, -0.05) is 12.2 Å². The van der Waals surface area contributed by atoms with E-state index in [0.29, 0.717) is 6.42 Å². The SMILES string of the molecule is OCCC=Cc1ccc(F)c(F)c1F. The van der Waals surface area contributed by atoms with E-state index in [1.807, 2.05) is 0 Å². The lowest BCUT2D eigenvalue weighted by atomic mass is 10.1. The number of hydrogen-bond donors (Lipinski definition) is 1. The van der Waals surface area contributed by atoms with Crippen molar-refractivity contribution in [1.82, 2.24) is 0 Å². The van der Waals surface area contributed by atoms with Gasteiger partial charge in [-0.2, -0.15) is 0 Å². The Morgan fingerprint density at radius 2 is 1.86 bits per heavy atom. The first kappa shape index (κ1) is 10.8. The largest absolute Gasteiger partial charge is 0.396 e. The van der Waals surface area contributed by atoms with E-state index >= 15 is 0 Å². The Labute approximate surface area is 79.5 Å². The van der Waals surface area contributed by atoms with Gasteiger partial charge in [0, 0.05) is 12.2 Å². The van der Waals surface area contributed by atoms with Crippen molar-refractivity contribution in [2.75, 3.05) is 6.61 Å². The molecule has 0 saturated heterocycles. The highest BCUT2D eigenvalue weighted by Crippen LogP contribution is 2.16. The molecule has 0 saturated carbocycles. The summed E-state index contributed by atoms with van der Waals surface area (Å²) < 4.78 is 38.1. The molecular weight excluding hydrogens is 193 g/mol. The van der Waals surface area contributed by atoms with E-state index in [2.05, 4.69) is 0 Å². The summed E-state index contributed by atoms with van der Waals surface area (Å²) in [5, 5.41) is 8.43. The summed E-state index contributed by atoms with van der Waals surface area (Å²) in [7, 11) is 0. The Bertz CT molecular complexity index is 347. The van der Waals surface area contributed by atoms with Gasteiger partial charge in [-0.3, -0.25) is 0 Å². The van der Waals surface area contributed by atoms with E-state index in [1.54, 1.807) is 0 Å². The molecule has 1 rings (SSSR count). The maximum absolute atomic E-state index is 13.0. The third kappa shape index (κ3) is 2.35. The summed E-state index contributed by atoms with van der Waals surface area (Å²) in [6.07, 6.45) is 3.13. The van der Waals surface area contributed by atoms with Gasteiger partial charge in [0.1, 0.15) is 0 Å². The third-order valence-electron chi connectivity index (χ3n) is 1.66. The second-order valence-corrected chi connectivity index (χ2v) is 2.68. The predicted octanol–water partition coefficient (Wildman–Crippen LogP) is 2.50. The van der Waals surface area contributed by atoms with Crippen LogP contribution in [0.25, 0.3) is 6.08 Å². The van der Waals surface area contributed by atoms with Gasteiger partial charge in [-0.05, 0) is 18.6 Å². The molecule has 1 nitrogen and oxygen atoms in total. The zero-order valence-corrected chi connectivity index (χ0v) is 7.30. The highest BCUT2D eigenvalue weighted by atomic mass is 19.2. The molecule has 0 spiro atoms. The van der Waals surface area contributed by atoms with Crippen LogP contribution in [-0.4, -0.2) is 11.7 Å². The number of halogens is 3. The van der Waals surface area contributed by atoms with Crippen LogP contribution in [0.5, 0.6) is 0 Å². The van der Waals surface area contributed by atoms with E-state index in [0.717, 1.165) is 12.1 Å². The highest BCUT2D eigenvalue weighted by molar-refractivity contribution is 5.50. The molecule has 76 valence electrons. The van der Waals surface area contributed by atoms with Crippen molar-refractivity contribution in [1.29, 1.82) is 0 Å². The molecule has 0 aliphatic heterocycles. The molecule has 0 aromatic heterocycles. The van der Waals surface area contributed by atoms with Crippen LogP contribution in [0.1, 0.15) is 12.0 Å². The Hall–Kier alpha value is -1.29. The van der Waals surface area contributed by atoms with Gasteiger partial charge in [0.05, 0.1) is 0 Å². The molecule has 1 aromatic carbocycles. The van der Waals surface area contributed by atoms with Gasteiger partial charge in [0.2, 0.25) is 0 Å². The minimum atomic E-state index is -1.48. The number of benzene rings is 1. The lowest BCUT2D eigenvalue weighted by Gasteiger charge is -1.98. The van der Waals surface area contributed by atoms with Crippen molar-refractivity contribution in [3.8, 4) is 0 Å². The van der Waals surface area contributed by atoms with Gasteiger partial charge in [-0.15, -0.1) is 0 Å². The van der Waals surface area contributed by atoms with Crippen LogP contribution in [-0.2, 0) is 0 Å². The lowest BCUT2D eigenvalue weighted by molar-refractivity contribution is 0.303. The summed E-state index contributed by atoms with van der Waals surface area (Å²) in [6.45, 7) is -0.0677. The van der Waals surface area contributed by atoms with Crippen LogP contribution in [0.4, 0.5) is 13.2 Å². The summed E-state index contributed by atoms with van der Waals surface area (Å²) in [4.78, 5) is 0. The van der Waals surface area contributed by atoms with E-state index < -0.39 is 17.5 Å². The quantitative estimate of drug-likeness (QED) is 0.746. The molecule has 0 atom stereocenters. The van der Waals surface area contributed by atoms with Gasteiger partial charge in [-0.25, -0.2) is 13.2 Å². The average Bonchev–Trinajstić information content (AvgIpc) is 2.18. The summed E-state index contributed by atoms with van der Waals surface area (Å²) >= 11 is 0. The number of aliphatic hydroxyl groups excluding tert-OH is 1. The van der Waals surface area contributed by atoms with Crippen molar-refractivity contribution >= 4 is 6.08 Å². The Morgan fingerprint density at radius 3 is 2.50 bits per heavy atom. The molecular formula is C10H9F3O. The monoisotopic (exact) mass is 202 g/mol. The Morgan fingerprint density at radius 1 is 1.14 bits per heavy atom. The van der Waals surface area contributed by atoms with Crippen molar-refractivity contribution in [2.45, 2.75) is 6.42 Å². The first-order valence-corrected chi connectivity index (χ1v) is 4.07. The Balaban J connectivity index is 2.94. The molecule has 0 fully saturated rings. The summed E-state index contributed by atoms with van der Waals surface area (Å²) in [6, 6.07) is 2.00. The molecule has 0 radical (unpaired) electrons. The summed E-state index contributed by atoms with van der Waals surface area (Å²) in [5.41, 5.74) is -0.0302. The topological polar surface area (TPSA) is 20.2 Å². The van der Waals surface area contributed by atoms with Crippen LogP contribution in [0, 0.1) is 17.5 Å². The molecule has 0 aliphatic rings. The molecule has 0 aliphatic carbocycles. The second-order valence-electron chi connectivity index (χ2n) is 2.68. The highest BCUT2D eigenvalue weighted by Gasteiger charge is 2.10. The zero-order chi connectivity index (χ0) is 10.6. The normalized spacial score (nSPS) is 11.1.